The third-order valence-electron chi connectivity index (χ3n) is 4.63. The smallest absolute Gasteiger partial charge is 0.416 e. The van der Waals surface area contributed by atoms with E-state index in [-0.39, 0.29) is 18.3 Å². The van der Waals surface area contributed by atoms with Gasteiger partial charge in [-0.1, -0.05) is 12.1 Å². The first-order chi connectivity index (χ1) is 13.3. The van der Waals surface area contributed by atoms with E-state index < -0.39 is 17.3 Å². The number of alkyl halides is 3. The quantitative estimate of drug-likeness (QED) is 0.750. The summed E-state index contributed by atoms with van der Waals surface area (Å²) in [4.78, 5) is 12.3. The summed E-state index contributed by atoms with van der Waals surface area (Å²) in [6, 6.07) is 11.4. The predicted octanol–water partition coefficient (Wildman–Crippen LogP) is 4.04. The van der Waals surface area contributed by atoms with E-state index in [2.05, 4.69) is 5.32 Å². The zero-order valence-corrected chi connectivity index (χ0v) is 16.3. The van der Waals surface area contributed by atoms with Gasteiger partial charge in [0.1, 0.15) is 11.5 Å². The Bertz CT molecular complexity index is 805. The van der Waals surface area contributed by atoms with Gasteiger partial charge < -0.3 is 20.5 Å². The van der Waals surface area contributed by atoms with E-state index in [1.807, 2.05) is 0 Å². The minimum absolute atomic E-state index is 0. The molecule has 3 N–H and O–H groups in total. The molecule has 0 radical (unpaired) electrons. The van der Waals surface area contributed by atoms with Crippen LogP contribution in [0.4, 0.5) is 13.2 Å². The normalized spacial score (nSPS) is 15.9. The van der Waals surface area contributed by atoms with E-state index in [4.69, 9.17) is 15.2 Å². The van der Waals surface area contributed by atoms with Crippen LogP contribution in [0.3, 0.4) is 0 Å². The van der Waals surface area contributed by atoms with E-state index >= 15 is 0 Å². The fourth-order valence-electron chi connectivity index (χ4n) is 2.84. The molecule has 0 aliphatic carbocycles. The molecule has 5 nitrogen and oxygen atoms in total. The number of hydrogen-bond donors (Lipinski definition) is 2. The highest BCUT2D eigenvalue weighted by atomic mass is 35.5. The van der Waals surface area contributed by atoms with Crippen LogP contribution in [0, 0.1) is 0 Å². The lowest BCUT2D eigenvalue weighted by Gasteiger charge is -2.31. The van der Waals surface area contributed by atoms with Crippen molar-refractivity contribution in [1.29, 1.82) is 0 Å². The fourth-order valence-corrected chi connectivity index (χ4v) is 2.84. The van der Waals surface area contributed by atoms with Crippen molar-refractivity contribution in [3.8, 4) is 11.5 Å². The molecule has 1 amide bonds. The van der Waals surface area contributed by atoms with Crippen LogP contribution >= 0.6 is 12.4 Å². The number of carbonyl (C=O) groups is 1. The molecule has 158 valence electrons. The molecule has 29 heavy (non-hydrogen) atoms. The number of nitrogens with one attached hydrogen (secondary N) is 1. The van der Waals surface area contributed by atoms with Crippen LogP contribution in [0.2, 0.25) is 0 Å². The summed E-state index contributed by atoms with van der Waals surface area (Å²) in [7, 11) is 0. The van der Waals surface area contributed by atoms with E-state index in [0.717, 1.165) is 17.7 Å². The lowest BCUT2D eigenvalue weighted by Crippen LogP contribution is -2.56. The minimum atomic E-state index is -4.38. The Labute approximate surface area is 172 Å². The molecular weight excluding hydrogens is 409 g/mol. The minimum Gasteiger partial charge on any atom is -0.457 e. The van der Waals surface area contributed by atoms with Gasteiger partial charge in [-0.15, -0.1) is 12.4 Å². The number of benzene rings is 2. The van der Waals surface area contributed by atoms with Gasteiger partial charge in [-0.2, -0.15) is 13.2 Å². The van der Waals surface area contributed by atoms with Gasteiger partial charge in [0.15, 0.2) is 0 Å². The van der Waals surface area contributed by atoms with Gasteiger partial charge in [0.05, 0.1) is 11.1 Å². The number of nitrogens with two attached hydrogens (primary N) is 1. The van der Waals surface area contributed by atoms with Crippen molar-refractivity contribution in [3.63, 3.8) is 0 Å². The van der Waals surface area contributed by atoms with Crippen molar-refractivity contribution in [3.05, 3.63) is 59.7 Å². The lowest BCUT2D eigenvalue weighted by atomic mass is 9.90. The Morgan fingerprint density at radius 1 is 1.03 bits per heavy atom. The van der Waals surface area contributed by atoms with Crippen LogP contribution < -0.4 is 15.8 Å². The first kappa shape index (κ1) is 23.0. The number of rotatable bonds is 5. The molecule has 1 aliphatic rings. The monoisotopic (exact) mass is 430 g/mol. The molecule has 2 aromatic rings. The molecule has 1 fully saturated rings. The molecular formula is C20H22ClF3N2O3. The average molecular weight is 431 g/mol. The first-order valence-corrected chi connectivity index (χ1v) is 8.85. The Morgan fingerprint density at radius 2 is 1.55 bits per heavy atom. The highest BCUT2D eigenvalue weighted by Gasteiger charge is 2.35. The van der Waals surface area contributed by atoms with Crippen LogP contribution in [-0.4, -0.2) is 24.7 Å². The Balaban J connectivity index is 0.00000300. The van der Waals surface area contributed by atoms with Crippen LogP contribution in [0.1, 0.15) is 24.0 Å². The fraction of sp³-hybridized carbons (Fsp3) is 0.350. The van der Waals surface area contributed by atoms with Gasteiger partial charge in [0, 0.05) is 19.8 Å². The van der Waals surface area contributed by atoms with Gasteiger partial charge in [-0.25, -0.2) is 0 Å². The Morgan fingerprint density at radius 3 is 2.07 bits per heavy atom. The highest BCUT2D eigenvalue weighted by Crippen LogP contribution is 2.31. The summed E-state index contributed by atoms with van der Waals surface area (Å²) in [5.41, 5.74) is 5.36. The number of carbonyl (C=O) groups excluding carboxylic acids is 1. The van der Waals surface area contributed by atoms with E-state index in [9.17, 15) is 18.0 Å². The SMILES string of the molecule is Cl.NC1(C(=O)NCc2ccc(Oc3ccc(C(F)(F)F)cc3)cc2)CCOCC1. The molecule has 1 aliphatic heterocycles. The maximum atomic E-state index is 12.6. The molecule has 9 heteroatoms. The number of hydrogen-bond acceptors (Lipinski definition) is 4. The van der Waals surface area contributed by atoms with Gasteiger partial charge >= 0.3 is 6.18 Å². The van der Waals surface area contributed by atoms with E-state index in [0.29, 0.717) is 44.1 Å². The zero-order chi connectivity index (χ0) is 20.2. The maximum Gasteiger partial charge on any atom is 0.416 e. The third-order valence-corrected chi connectivity index (χ3v) is 4.63. The van der Waals surface area contributed by atoms with Crippen molar-refractivity contribution in [2.45, 2.75) is 31.1 Å². The van der Waals surface area contributed by atoms with Crippen molar-refractivity contribution in [2.24, 2.45) is 5.73 Å². The molecule has 1 heterocycles. The zero-order valence-electron chi connectivity index (χ0n) is 15.5. The van der Waals surface area contributed by atoms with Gasteiger partial charge in [0.2, 0.25) is 5.91 Å². The molecule has 0 unspecified atom stereocenters. The summed E-state index contributed by atoms with van der Waals surface area (Å²) in [6.07, 6.45) is -3.41. The van der Waals surface area contributed by atoms with Crippen molar-refractivity contribution < 1.29 is 27.4 Å². The highest BCUT2D eigenvalue weighted by molar-refractivity contribution is 5.86. The molecule has 0 saturated carbocycles. The second kappa shape index (κ2) is 9.47. The van der Waals surface area contributed by atoms with Crippen LogP contribution in [0.5, 0.6) is 11.5 Å². The standard InChI is InChI=1S/C20H21F3N2O3.ClH/c21-20(22,23)15-3-7-17(8-4-15)28-16-5-1-14(2-6-16)13-25-18(26)19(24)9-11-27-12-10-19;/h1-8H,9-13,24H2,(H,25,26);1H. The summed E-state index contributed by atoms with van der Waals surface area (Å²) in [5, 5.41) is 2.83. The lowest BCUT2D eigenvalue weighted by molar-refractivity contribution is -0.137. The Hall–Kier alpha value is -2.29. The molecule has 0 bridgehead atoms. The van der Waals surface area contributed by atoms with Crippen molar-refractivity contribution in [2.75, 3.05) is 13.2 Å². The van der Waals surface area contributed by atoms with E-state index in [1.54, 1.807) is 24.3 Å². The van der Waals surface area contributed by atoms with Crippen LogP contribution in [0.15, 0.2) is 48.5 Å². The largest absolute Gasteiger partial charge is 0.457 e. The van der Waals surface area contributed by atoms with Gasteiger partial charge in [-0.05, 0) is 54.8 Å². The van der Waals surface area contributed by atoms with Crippen LogP contribution in [-0.2, 0) is 22.3 Å². The van der Waals surface area contributed by atoms with E-state index in [1.165, 1.54) is 12.1 Å². The maximum absolute atomic E-state index is 12.6. The summed E-state index contributed by atoms with van der Waals surface area (Å²) in [6.45, 7) is 1.26. The second-order valence-corrected chi connectivity index (χ2v) is 6.72. The molecule has 1 saturated heterocycles. The average Bonchev–Trinajstić information content (AvgIpc) is 2.67. The second-order valence-electron chi connectivity index (χ2n) is 6.72. The van der Waals surface area contributed by atoms with Gasteiger partial charge in [0.25, 0.3) is 0 Å². The summed E-state index contributed by atoms with van der Waals surface area (Å²) < 4.78 is 48.5. The topological polar surface area (TPSA) is 73.6 Å². The summed E-state index contributed by atoms with van der Waals surface area (Å²) >= 11 is 0. The number of amides is 1. The molecule has 2 aromatic carbocycles. The molecule has 0 atom stereocenters. The first-order valence-electron chi connectivity index (χ1n) is 8.85. The van der Waals surface area contributed by atoms with Gasteiger partial charge in [-0.3, -0.25) is 4.79 Å². The van der Waals surface area contributed by atoms with Crippen LogP contribution in [0.25, 0.3) is 0 Å². The number of ether oxygens (including phenoxy) is 2. The predicted molar refractivity (Wildman–Crippen MR) is 104 cm³/mol. The number of halogens is 4. The molecule has 0 aromatic heterocycles. The third kappa shape index (κ3) is 6.09. The van der Waals surface area contributed by atoms with Crippen molar-refractivity contribution in [1.82, 2.24) is 5.32 Å². The Kier molecular flexibility index (Phi) is 7.51. The summed E-state index contributed by atoms with van der Waals surface area (Å²) in [5.74, 6) is 0.578. The molecule has 3 rings (SSSR count). The van der Waals surface area contributed by atoms with Crippen molar-refractivity contribution >= 4 is 18.3 Å². The molecule has 0 spiro atoms.